The van der Waals surface area contributed by atoms with Crippen LogP contribution in [0.1, 0.15) is 23.2 Å². The molecule has 1 heterocycles. The highest BCUT2D eigenvalue weighted by Gasteiger charge is 2.48. The molecule has 1 saturated heterocycles. The van der Waals surface area contributed by atoms with Gasteiger partial charge in [0.1, 0.15) is 18.3 Å². The van der Waals surface area contributed by atoms with Gasteiger partial charge in [0.25, 0.3) is 0 Å². The van der Waals surface area contributed by atoms with Gasteiger partial charge in [-0.25, -0.2) is 4.79 Å². The number of carbonyl (C=O) groups excluding carboxylic acids is 2. The predicted molar refractivity (Wildman–Crippen MR) is 106 cm³/mol. The van der Waals surface area contributed by atoms with Gasteiger partial charge < -0.3 is 29.9 Å². The molecule has 0 aromatic heterocycles. The van der Waals surface area contributed by atoms with Crippen LogP contribution in [-0.4, -0.2) is 68.9 Å². The van der Waals surface area contributed by atoms with Gasteiger partial charge in [0, 0.05) is 12.0 Å². The Morgan fingerprint density at radius 3 is 2.03 bits per heavy atom. The van der Waals surface area contributed by atoms with Gasteiger partial charge in [-0.05, 0) is 11.1 Å². The first-order valence-electron chi connectivity index (χ1n) is 9.58. The Labute approximate surface area is 177 Å². The van der Waals surface area contributed by atoms with Crippen LogP contribution in [0, 0.1) is 0 Å². The lowest BCUT2D eigenvalue weighted by atomic mass is 9.99. The molecule has 1 aliphatic heterocycles. The summed E-state index contributed by atoms with van der Waals surface area (Å²) in [6.45, 7) is 0. The van der Waals surface area contributed by atoms with Crippen molar-refractivity contribution in [2.45, 2.75) is 43.5 Å². The van der Waals surface area contributed by atoms with Gasteiger partial charge in [0.15, 0.2) is 11.9 Å². The van der Waals surface area contributed by atoms with E-state index >= 15 is 0 Å². The van der Waals surface area contributed by atoms with Crippen molar-refractivity contribution < 1.29 is 44.3 Å². The molecule has 5 unspecified atom stereocenters. The van der Waals surface area contributed by atoms with E-state index < -0.39 is 42.6 Å². The van der Waals surface area contributed by atoms with Gasteiger partial charge in [0.05, 0.1) is 6.42 Å². The van der Waals surface area contributed by atoms with Gasteiger partial charge >= 0.3 is 11.9 Å². The van der Waals surface area contributed by atoms with Crippen LogP contribution in [0.3, 0.4) is 0 Å². The molecule has 9 heteroatoms. The number of carboxylic acid groups (broad SMARTS) is 1. The fourth-order valence-electron chi connectivity index (χ4n) is 3.18. The van der Waals surface area contributed by atoms with Crippen molar-refractivity contribution in [1.82, 2.24) is 0 Å². The van der Waals surface area contributed by atoms with E-state index in [9.17, 15) is 29.7 Å². The number of hydrogen-bond acceptors (Lipinski definition) is 8. The Bertz CT molecular complexity index is 926. The molecule has 1 fully saturated rings. The van der Waals surface area contributed by atoms with Crippen LogP contribution < -0.4 is 0 Å². The van der Waals surface area contributed by atoms with Crippen LogP contribution in [-0.2, 0) is 19.1 Å². The van der Waals surface area contributed by atoms with E-state index in [1.165, 1.54) is 0 Å². The van der Waals surface area contributed by atoms with Gasteiger partial charge in [-0.1, -0.05) is 54.6 Å². The molecule has 0 saturated carbocycles. The maximum atomic E-state index is 12.4. The lowest BCUT2D eigenvalue weighted by Gasteiger charge is -2.37. The summed E-state index contributed by atoms with van der Waals surface area (Å²) in [4.78, 5) is 35.5. The Balaban J connectivity index is 1.54. The number of ether oxygens (including phenoxy) is 2. The molecular formula is C22H22O9. The summed E-state index contributed by atoms with van der Waals surface area (Å²) in [5, 5.41) is 38.2. The van der Waals surface area contributed by atoms with Crippen molar-refractivity contribution >= 4 is 17.7 Å². The molecule has 0 radical (unpaired) electrons. The van der Waals surface area contributed by atoms with Gasteiger partial charge in [0.2, 0.25) is 6.29 Å². The number of rotatable bonds is 7. The van der Waals surface area contributed by atoms with Crippen LogP contribution in [0.5, 0.6) is 0 Å². The lowest BCUT2D eigenvalue weighted by Crippen LogP contribution is -2.60. The normalized spacial score (nSPS) is 25.6. The molecule has 5 atom stereocenters. The number of hydrogen-bond donors (Lipinski definition) is 4. The highest BCUT2D eigenvalue weighted by molar-refractivity contribution is 5.97. The second kappa shape index (κ2) is 9.80. The molecule has 0 aliphatic carbocycles. The maximum absolute atomic E-state index is 12.4. The number of aliphatic hydroxyl groups is 3. The molecule has 0 bridgehead atoms. The molecule has 31 heavy (non-hydrogen) atoms. The standard InChI is InChI=1S/C22H22O9/c23-15(14-8-6-13(7-9-14)12-4-2-1-3-5-12)10-11-16(24)30-22-19(27)17(25)18(26)20(31-22)21(28)29/h1-9,17-20,22,25-27H,10-11H2,(H,28,29). The lowest BCUT2D eigenvalue weighted by molar-refractivity contribution is -0.286. The molecule has 4 N–H and O–H groups in total. The number of esters is 1. The monoisotopic (exact) mass is 430 g/mol. The minimum atomic E-state index is -1.89. The minimum Gasteiger partial charge on any atom is -0.479 e. The van der Waals surface area contributed by atoms with E-state index in [0.717, 1.165) is 11.1 Å². The zero-order chi connectivity index (χ0) is 22.5. The van der Waals surface area contributed by atoms with Crippen LogP contribution in [0.15, 0.2) is 54.6 Å². The maximum Gasteiger partial charge on any atom is 0.335 e. The number of ketones is 1. The predicted octanol–water partition coefficient (Wildman–Crippen LogP) is 0.752. The SMILES string of the molecule is O=C(CCC(=O)c1ccc(-c2ccccc2)cc1)OC1OC(C(=O)O)C(O)C(O)C1O. The Morgan fingerprint density at radius 2 is 1.42 bits per heavy atom. The third-order valence-corrected chi connectivity index (χ3v) is 4.93. The molecule has 1 aliphatic rings. The first-order chi connectivity index (χ1) is 14.8. The summed E-state index contributed by atoms with van der Waals surface area (Å²) in [6.07, 6.45) is -9.79. The smallest absolute Gasteiger partial charge is 0.335 e. The highest BCUT2D eigenvalue weighted by Crippen LogP contribution is 2.23. The molecule has 2 aromatic carbocycles. The Morgan fingerprint density at radius 1 is 0.806 bits per heavy atom. The topological polar surface area (TPSA) is 151 Å². The summed E-state index contributed by atoms with van der Waals surface area (Å²) in [6, 6.07) is 16.5. The molecule has 9 nitrogen and oxygen atoms in total. The van der Waals surface area contributed by atoms with Crippen molar-refractivity contribution in [3.63, 3.8) is 0 Å². The van der Waals surface area contributed by atoms with Crippen molar-refractivity contribution in [3.05, 3.63) is 60.2 Å². The molecule has 2 aromatic rings. The largest absolute Gasteiger partial charge is 0.479 e. The molecular weight excluding hydrogens is 408 g/mol. The van der Waals surface area contributed by atoms with Gasteiger partial charge in [-0.2, -0.15) is 0 Å². The molecule has 0 amide bonds. The second-order valence-corrected chi connectivity index (χ2v) is 7.09. The fourth-order valence-corrected chi connectivity index (χ4v) is 3.18. The number of benzene rings is 2. The van der Waals surface area contributed by atoms with Gasteiger partial charge in [-0.3, -0.25) is 9.59 Å². The average Bonchev–Trinajstić information content (AvgIpc) is 2.78. The van der Waals surface area contributed by atoms with Crippen molar-refractivity contribution in [1.29, 1.82) is 0 Å². The van der Waals surface area contributed by atoms with Gasteiger partial charge in [-0.15, -0.1) is 0 Å². The molecule has 3 rings (SSSR count). The second-order valence-electron chi connectivity index (χ2n) is 7.09. The zero-order valence-electron chi connectivity index (χ0n) is 16.3. The number of carbonyl (C=O) groups is 3. The zero-order valence-corrected chi connectivity index (χ0v) is 16.3. The van der Waals surface area contributed by atoms with E-state index in [4.69, 9.17) is 14.6 Å². The summed E-state index contributed by atoms with van der Waals surface area (Å²) in [7, 11) is 0. The number of carboxylic acids is 1. The summed E-state index contributed by atoms with van der Waals surface area (Å²) in [5.74, 6) is -2.82. The first kappa shape index (κ1) is 22.6. The number of Topliss-reactive ketones (excluding diaryl/α,β-unsaturated/α-hetero) is 1. The fraction of sp³-hybridized carbons (Fsp3) is 0.318. The highest BCUT2D eigenvalue weighted by atomic mass is 16.7. The van der Waals surface area contributed by atoms with Crippen molar-refractivity contribution in [2.24, 2.45) is 0 Å². The van der Waals surface area contributed by atoms with E-state index in [1.54, 1.807) is 24.3 Å². The Hall–Kier alpha value is -3.11. The van der Waals surface area contributed by atoms with Crippen LogP contribution in [0.25, 0.3) is 11.1 Å². The number of aliphatic hydroxyl groups excluding tert-OH is 3. The van der Waals surface area contributed by atoms with Crippen molar-refractivity contribution in [2.75, 3.05) is 0 Å². The summed E-state index contributed by atoms with van der Waals surface area (Å²) in [5.41, 5.74) is 2.35. The van der Waals surface area contributed by atoms with Crippen LogP contribution in [0.2, 0.25) is 0 Å². The van der Waals surface area contributed by atoms with E-state index in [2.05, 4.69) is 0 Å². The minimum absolute atomic E-state index is 0.181. The van der Waals surface area contributed by atoms with E-state index in [-0.39, 0.29) is 18.6 Å². The van der Waals surface area contributed by atoms with Crippen LogP contribution in [0.4, 0.5) is 0 Å². The quantitative estimate of drug-likeness (QED) is 0.368. The summed E-state index contributed by atoms with van der Waals surface area (Å²) < 4.78 is 9.74. The Kier molecular flexibility index (Phi) is 7.13. The van der Waals surface area contributed by atoms with Crippen LogP contribution >= 0.6 is 0 Å². The summed E-state index contributed by atoms with van der Waals surface area (Å²) >= 11 is 0. The molecule has 164 valence electrons. The molecule has 0 spiro atoms. The third-order valence-electron chi connectivity index (χ3n) is 4.93. The van der Waals surface area contributed by atoms with Crippen molar-refractivity contribution in [3.8, 4) is 11.1 Å². The first-order valence-corrected chi connectivity index (χ1v) is 9.58. The third kappa shape index (κ3) is 5.33. The van der Waals surface area contributed by atoms with E-state index in [0.29, 0.717) is 5.56 Å². The number of aliphatic carboxylic acids is 1. The van der Waals surface area contributed by atoms with E-state index in [1.807, 2.05) is 30.3 Å². The average molecular weight is 430 g/mol.